The molecule has 3 heterocycles. The van der Waals surface area contributed by atoms with Crippen LogP contribution in [0.25, 0.3) is 0 Å². The minimum Gasteiger partial charge on any atom is -0.481 e. The van der Waals surface area contributed by atoms with Gasteiger partial charge in [-0.2, -0.15) is 0 Å². The molecule has 38 heavy (non-hydrogen) atoms. The Morgan fingerprint density at radius 2 is 1.74 bits per heavy atom. The van der Waals surface area contributed by atoms with E-state index in [-0.39, 0.29) is 43.6 Å². The molecule has 3 aliphatic heterocycles. The quantitative estimate of drug-likeness (QED) is 0.440. The van der Waals surface area contributed by atoms with Crippen molar-refractivity contribution in [1.82, 2.24) is 4.90 Å². The van der Waals surface area contributed by atoms with E-state index in [4.69, 9.17) is 46.4 Å². The lowest BCUT2D eigenvalue weighted by Crippen LogP contribution is -2.54. The number of benzene rings is 2. The highest BCUT2D eigenvalue weighted by atomic mass is 35.5. The van der Waals surface area contributed by atoms with E-state index in [9.17, 15) is 28.3 Å². The molecule has 0 saturated carbocycles. The van der Waals surface area contributed by atoms with Crippen LogP contribution in [0.15, 0.2) is 30.3 Å². The standard InChI is InChI=1S/C25H21Cl4F2N3O4/c1-2-3-33(14-5-11(26)4-12(27)6-14)21(35)18-17-9-24(30,31)10-34(17)25(19(18)22(36)37)15-7-13(28)8-16(29)20(15)32-23(25)38/h4-8,17-19H,2-3,9-10H2,1H3,(H,32,38)(H,36,37)/t17-,18+,19-,25+/m1/s1. The molecule has 2 aromatic carbocycles. The van der Waals surface area contributed by atoms with Gasteiger partial charge in [-0.15, -0.1) is 0 Å². The lowest BCUT2D eigenvalue weighted by Gasteiger charge is -2.36. The second kappa shape index (κ2) is 9.48. The van der Waals surface area contributed by atoms with Gasteiger partial charge < -0.3 is 15.3 Å². The van der Waals surface area contributed by atoms with Crippen molar-refractivity contribution in [3.8, 4) is 0 Å². The molecular formula is C25H21Cl4F2N3O4. The number of rotatable bonds is 5. The van der Waals surface area contributed by atoms with Crippen molar-refractivity contribution in [2.75, 3.05) is 23.3 Å². The summed E-state index contributed by atoms with van der Waals surface area (Å²) in [7, 11) is 0. The fourth-order valence-corrected chi connectivity index (χ4v) is 7.30. The summed E-state index contributed by atoms with van der Waals surface area (Å²) in [6, 6.07) is 5.88. The molecule has 202 valence electrons. The number of amides is 2. The molecule has 5 rings (SSSR count). The molecular weight excluding hydrogens is 586 g/mol. The minimum absolute atomic E-state index is 0.0281. The summed E-state index contributed by atoms with van der Waals surface area (Å²) >= 11 is 24.9. The Bertz CT molecular complexity index is 1360. The third-order valence-electron chi connectivity index (χ3n) is 7.46. The first-order valence-corrected chi connectivity index (χ1v) is 13.3. The van der Waals surface area contributed by atoms with Crippen LogP contribution in [0.4, 0.5) is 20.2 Å². The van der Waals surface area contributed by atoms with E-state index < -0.39 is 60.1 Å². The molecule has 0 radical (unpaired) electrons. The molecule has 2 amide bonds. The monoisotopic (exact) mass is 605 g/mol. The van der Waals surface area contributed by atoms with Gasteiger partial charge in [0.2, 0.25) is 5.91 Å². The van der Waals surface area contributed by atoms with Gasteiger partial charge in [-0.3, -0.25) is 19.3 Å². The van der Waals surface area contributed by atoms with Gasteiger partial charge in [0.1, 0.15) is 11.5 Å². The van der Waals surface area contributed by atoms with Crippen LogP contribution in [-0.2, 0) is 19.9 Å². The number of nitrogens with one attached hydrogen (secondary N) is 1. The molecule has 0 bridgehead atoms. The van der Waals surface area contributed by atoms with E-state index in [0.717, 1.165) is 4.90 Å². The minimum atomic E-state index is -3.28. The maximum atomic E-state index is 15.0. The first-order valence-electron chi connectivity index (χ1n) is 11.8. The zero-order chi connectivity index (χ0) is 27.7. The predicted octanol–water partition coefficient (Wildman–Crippen LogP) is 5.93. The molecule has 2 N–H and O–H groups in total. The fourth-order valence-electron chi connectivity index (χ4n) is 6.25. The second-order valence-electron chi connectivity index (χ2n) is 9.75. The Hall–Kier alpha value is -2.17. The van der Waals surface area contributed by atoms with Gasteiger partial charge in [-0.05, 0) is 36.8 Å². The van der Waals surface area contributed by atoms with Crippen molar-refractivity contribution in [3.05, 3.63) is 56.0 Å². The molecule has 2 fully saturated rings. The molecule has 1 spiro atoms. The summed E-state index contributed by atoms with van der Waals surface area (Å²) in [5, 5.41) is 13.7. The number of aliphatic carboxylic acids is 1. The summed E-state index contributed by atoms with van der Waals surface area (Å²) < 4.78 is 29.9. The second-order valence-corrected chi connectivity index (χ2v) is 11.5. The molecule has 7 nitrogen and oxygen atoms in total. The first-order chi connectivity index (χ1) is 17.8. The number of fused-ring (bicyclic) bond motifs is 4. The molecule has 2 saturated heterocycles. The van der Waals surface area contributed by atoms with E-state index in [1.54, 1.807) is 6.92 Å². The van der Waals surface area contributed by atoms with Crippen molar-refractivity contribution in [1.29, 1.82) is 0 Å². The van der Waals surface area contributed by atoms with Gasteiger partial charge in [0.05, 0.1) is 23.2 Å². The lowest BCUT2D eigenvalue weighted by molar-refractivity contribution is -0.153. The maximum Gasteiger partial charge on any atom is 0.310 e. The molecule has 3 aliphatic rings. The number of alkyl halides is 2. The van der Waals surface area contributed by atoms with Gasteiger partial charge in [-0.25, -0.2) is 8.78 Å². The van der Waals surface area contributed by atoms with E-state index >= 15 is 0 Å². The molecule has 13 heteroatoms. The highest BCUT2D eigenvalue weighted by Crippen LogP contribution is 2.61. The van der Waals surface area contributed by atoms with Gasteiger partial charge in [0.25, 0.3) is 11.8 Å². The van der Waals surface area contributed by atoms with Crippen LogP contribution in [0.1, 0.15) is 25.3 Å². The summed E-state index contributed by atoms with van der Waals surface area (Å²) in [4.78, 5) is 43.3. The largest absolute Gasteiger partial charge is 0.481 e. The molecule has 0 unspecified atom stereocenters. The molecule has 0 aliphatic carbocycles. The molecule has 2 aromatic rings. The van der Waals surface area contributed by atoms with Crippen LogP contribution in [0.5, 0.6) is 0 Å². The summed E-state index contributed by atoms with van der Waals surface area (Å²) in [5.74, 6) is -9.58. The normalized spacial score (nSPS) is 27.3. The van der Waals surface area contributed by atoms with E-state index in [0.29, 0.717) is 6.42 Å². The Morgan fingerprint density at radius 1 is 1.11 bits per heavy atom. The SMILES string of the molecule is CCCN(C(=O)[C@H]1[C@H]2CC(F)(F)CN2[C@]2(C(=O)Nc3c(Cl)cc(Cl)cc32)[C@H]1C(=O)O)c1cc(Cl)cc(Cl)c1. The van der Waals surface area contributed by atoms with Gasteiger partial charge >= 0.3 is 5.97 Å². The summed E-state index contributed by atoms with van der Waals surface area (Å²) in [6.45, 7) is 1.02. The number of carboxylic acid groups (broad SMARTS) is 1. The van der Waals surface area contributed by atoms with Crippen molar-refractivity contribution in [3.63, 3.8) is 0 Å². The fraction of sp³-hybridized carbons (Fsp3) is 0.400. The smallest absolute Gasteiger partial charge is 0.310 e. The number of anilines is 2. The summed E-state index contributed by atoms with van der Waals surface area (Å²) in [5.41, 5.74) is -1.71. The number of carbonyl (C=O) groups excluding carboxylic acids is 2. The molecule has 4 atom stereocenters. The van der Waals surface area contributed by atoms with Crippen LogP contribution >= 0.6 is 46.4 Å². The predicted molar refractivity (Wildman–Crippen MR) is 141 cm³/mol. The first kappa shape index (κ1) is 27.4. The van der Waals surface area contributed by atoms with Crippen molar-refractivity contribution in [2.45, 2.75) is 37.3 Å². The number of hydrogen-bond donors (Lipinski definition) is 2. The highest BCUT2D eigenvalue weighted by Gasteiger charge is 2.74. The Kier molecular flexibility index (Phi) is 6.84. The van der Waals surface area contributed by atoms with Gasteiger partial charge in [0.15, 0.2) is 0 Å². The highest BCUT2D eigenvalue weighted by molar-refractivity contribution is 6.38. The van der Waals surface area contributed by atoms with Gasteiger partial charge in [0, 0.05) is 45.3 Å². The van der Waals surface area contributed by atoms with Crippen LogP contribution in [-0.4, -0.2) is 52.8 Å². The van der Waals surface area contributed by atoms with Crippen molar-refractivity contribution in [2.24, 2.45) is 11.8 Å². The van der Waals surface area contributed by atoms with Crippen molar-refractivity contribution < 1.29 is 28.3 Å². The van der Waals surface area contributed by atoms with Gasteiger partial charge in [-0.1, -0.05) is 53.3 Å². The van der Waals surface area contributed by atoms with Crippen LogP contribution in [0, 0.1) is 11.8 Å². The molecule has 0 aromatic heterocycles. The third-order valence-corrected chi connectivity index (χ3v) is 8.41. The van der Waals surface area contributed by atoms with E-state index in [1.165, 1.54) is 35.2 Å². The Labute approximate surface area is 236 Å². The zero-order valence-electron chi connectivity index (χ0n) is 19.8. The van der Waals surface area contributed by atoms with Crippen molar-refractivity contribution >= 4 is 75.6 Å². The van der Waals surface area contributed by atoms with Crippen LogP contribution in [0.2, 0.25) is 20.1 Å². The van der Waals surface area contributed by atoms with Crippen LogP contribution in [0.3, 0.4) is 0 Å². The number of hydrogen-bond acceptors (Lipinski definition) is 4. The number of nitrogens with zero attached hydrogens (tertiary/aromatic N) is 2. The maximum absolute atomic E-state index is 15.0. The number of carboxylic acids is 1. The Balaban J connectivity index is 1.73. The topological polar surface area (TPSA) is 90.0 Å². The zero-order valence-corrected chi connectivity index (χ0v) is 22.8. The summed E-state index contributed by atoms with van der Waals surface area (Å²) in [6.07, 6.45) is -0.341. The Morgan fingerprint density at radius 3 is 2.34 bits per heavy atom. The van der Waals surface area contributed by atoms with E-state index in [1.807, 2.05) is 0 Å². The average Bonchev–Trinajstić information content (AvgIpc) is 3.37. The van der Waals surface area contributed by atoms with E-state index in [2.05, 4.69) is 5.32 Å². The lowest BCUT2D eigenvalue weighted by atomic mass is 9.73. The van der Waals surface area contributed by atoms with Crippen LogP contribution < -0.4 is 10.2 Å². The average molecular weight is 607 g/mol. The number of carbonyl (C=O) groups is 3. The number of halogens is 6. The third kappa shape index (κ3) is 4.05.